The van der Waals surface area contributed by atoms with E-state index in [2.05, 4.69) is 42.5 Å². The number of amides is 2. The van der Waals surface area contributed by atoms with Crippen molar-refractivity contribution in [1.82, 2.24) is 0 Å². The van der Waals surface area contributed by atoms with Crippen LogP contribution in [0.1, 0.15) is 27.7 Å². The Balaban J connectivity index is 2.62. The van der Waals surface area contributed by atoms with E-state index in [0.717, 1.165) is 27.7 Å². The van der Waals surface area contributed by atoms with Crippen LogP contribution in [0, 0.1) is 0 Å². The maximum Gasteiger partial charge on any atom is 0.303 e. The van der Waals surface area contributed by atoms with E-state index in [9.17, 15) is 28.8 Å². The molecule has 0 saturated heterocycles. The van der Waals surface area contributed by atoms with E-state index in [0.29, 0.717) is 8.95 Å². The van der Waals surface area contributed by atoms with Gasteiger partial charge in [0.25, 0.3) is 11.8 Å². The van der Waals surface area contributed by atoms with Gasteiger partial charge in [-0.15, -0.1) is 0 Å². The van der Waals surface area contributed by atoms with Crippen LogP contribution in [-0.2, 0) is 47.7 Å². The molecule has 0 aliphatic heterocycles. The molecule has 4 unspecified atom stereocenters. The zero-order valence-corrected chi connectivity index (χ0v) is 24.9. The molecule has 0 radical (unpaired) electrons. The van der Waals surface area contributed by atoms with Crippen LogP contribution in [-0.4, -0.2) is 60.1 Å². The van der Waals surface area contributed by atoms with Crippen LogP contribution < -0.4 is 10.6 Å². The molecule has 0 saturated carbocycles. The number of ether oxygens (including phenoxy) is 4. The fourth-order valence-electron chi connectivity index (χ4n) is 3.42. The summed E-state index contributed by atoms with van der Waals surface area (Å²) in [5, 5.41) is 5.05. The topological polar surface area (TPSA) is 163 Å². The van der Waals surface area contributed by atoms with Gasteiger partial charge < -0.3 is 29.6 Å². The zero-order chi connectivity index (χ0) is 30.0. The maximum absolute atomic E-state index is 13.4. The highest BCUT2D eigenvalue weighted by atomic mass is 79.9. The summed E-state index contributed by atoms with van der Waals surface area (Å²) in [7, 11) is 0. The minimum absolute atomic E-state index is 0.262. The normalized spacial score (nSPS) is 13.4. The monoisotopic (exact) mass is 684 g/mol. The Kier molecular flexibility index (Phi) is 12.3. The van der Waals surface area contributed by atoms with Crippen LogP contribution in [0.15, 0.2) is 57.5 Å². The summed E-state index contributed by atoms with van der Waals surface area (Å²) < 4.78 is 22.0. The third-order valence-electron chi connectivity index (χ3n) is 4.89. The standard InChI is InChI=1S/C26H26Br2N2O10/c1-13(31)37-21(23(39-15(3)33)25(35)29-19-11-7-5-9-17(19)27)22(38-14(2)32)24(40-16(4)34)26(36)30-20-12-8-6-10-18(20)28/h5-12,21-24H,1-4H3,(H,29,35)(H,30,36). The molecule has 0 fully saturated rings. The van der Waals surface area contributed by atoms with Gasteiger partial charge in [-0.05, 0) is 56.1 Å². The highest BCUT2D eigenvalue weighted by Crippen LogP contribution is 2.26. The molecule has 12 nitrogen and oxygen atoms in total. The molecule has 2 aromatic rings. The van der Waals surface area contributed by atoms with Gasteiger partial charge in [-0.2, -0.15) is 0 Å². The quantitative estimate of drug-likeness (QED) is 0.264. The second kappa shape index (κ2) is 15.1. The van der Waals surface area contributed by atoms with Crippen molar-refractivity contribution in [3.8, 4) is 0 Å². The van der Waals surface area contributed by atoms with Gasteiger partial charge in [0.2, 0.25) is 12.2 Å². The van der Waals surface area contributed by atoms with E-state index >= 15 is 0 Å². The molecule has 2 rings (SSSR count). The number of esters is 4. The third kappa shape index (κ3) is 9.75. The van der Waals surface area contributed by atoms with Crippen molar-refractivity contribution in [3.05, 3.63) is 57.5 Å². The van der Waals surface area contributed by atoms with Gasteiger partial charge in [0.15, 0.2) is 12.2 Å². The summed E-state index contributed by atoms with van der Waals surface area (Å²) in [5.41, 5.74) is 0.525. The van der Waals surface area contributed by atoms with E-state index < -0.39 is 60.1 Å². The fraction of sp³-hybridized carbons (Fsp3) is 0.308. The molecule has 0 bridgehead atoms. The van der Waals surface area contributed by atoms with Gasteiger partial charge in [0.1, 0.15) is 0 Å². The molecule has 2 amide bonds. The van der Waals surface area contributed by atoms with Gasteiger partial charge in [-0.3, -0.25) is 28.8 Å². The lowest BCUT2D eigenvalue weighted by atomic mass is 10.00. The summed E-state index contributed by atoms with van der Waals surface area (Å²) in [6.07, 6.45) is -7.82. The predicted octanol–water partition coefficient (Wildman–Crippen LogP) is 3.52. The Morgan fingerprint density at radius 3 is 1.12 bits per heavy atom. The smallest absolute Gasteiger partial charge is 0.303 e. The molecule has 0 aliphatic rings. The van der Waals surface area contributed by atoms with Gasteiger partial charge in [-0.1, -0.05) is 24.3 Å². The van der Waals surface area contributed by atoms with Crippen molar-refractivity contribution in [1.29, 1.82) is 0 Å². The third-order valence-corrected chi connectivity index (χ3v) is 6.27. The first-order valence-corrected chi connectivity index (χ1v) is 13.2. The Morgan fingerprint density at radius 2 is 0.850 bits per heavy atom. The number of hydrogen-bond donors (Lipinski definition) is 2. The minimum Gasteiger partial charge on any atom is -0.454 e. The number of nitrogens with one attached hydrogen (secondary N) is 2. The summed E-state index contributed by atoms with van der Waals surface area (Å²) in [6, 6.07) is 12.9. The highest BCUT2D eigenvalue weighted by molar-refractivity contribution is 9.11. The van der Waals surface area contributed by atoms with E-state index in [1.165, 1.54) is 12.1 Å². The van der Waals surface area contributed by atoms with Crippen molar-refractivity contribution in [2.75, 3.05) is 10.6 Å². The number of carbonyl (C=O) groups is 6. The summed E-state index contributed by atoms with van der Waals surface area (Å²) in [5.74, 6) is -5.90. The minimum atomic E-state index is -1.97. The SMILES string of the molecule is CC(=O)OC(C(=O)Nc1ccccc1Br)C(OC(C)=O)C(OC(C)=O)C(OC(C)=O)C(=O)Nc1ccccc1Br. The van der Waals surface area contributed by atoms with Crippen LogP contribution in [0.3, 0.4) is 0 Å². The second-order valence-corrected chi connectivity index (χ2v) is 9.86. The molecule has 40 heavy (non-hydrogen) atoms. The predicted molar refractivity (Wildman–Crippen MR) is 148 cm³/mol. The summed E-state index contributed by atoms with van der Waals surface area (Å²) >= 11 is 6.56. The number of benzene rings is 2. The first kappa shape index (κ1) is 32.4. The van der Waals surface area contributed by atoms with Crippen molar-refractivity contribution in [3.63, 3.8) is 0 Å². The second-order valence-electron chi connectivity index (χ2n) is 8.15. The highest BCUT2D eigenvalue weighted by Gasteiger charge is 2.49. The summed E-state index contributed by atoms with van der Waals surface area (Å²) in [6.45, 7) is 3.95. The molecule has 0 spiro atoms. The van der Waals surface area contributed by atoms with Crippen LogP contribution in [0.4, 0.5) is 11.4 Å². The van der Waals surface area contributed by atoms with Crippen molar-refractivity contribution in [2.45, 2.75) is 52.1 Å². The molecule has 14 heteroatoms. The molecule has 0 aliphatic carbocycles. The molecule has 4 atom stereocenters. The number of rotatable bonds is 11. The Hall–Kier alpha value is -3.78. The molecule has 2 N–H and O–H groups in total. The van der Waals surface area contributed by atoms with E-state index in [-0.39, 0.29) is 11.4 Å². The molecular weight excluding hydrogens is 660 g/mol. The van der Waals surface area contributed by atoms with Crippen molar-refractivity contribution >= 4 is 78.9 Å². The Bertz CT molecular complexity index is 1190. The van der Waals surface area contributed by atoms with E-state index in [4.69, 9.17) is 18.9 Å². The number of anilines is 2. The van der Waals surface area contributed by atoms with Gasteiger partial charge >= 0.3 is 23.9 Å². The lowest BCUT2D eigenvalue weighted by Crippen LogP contribution is -2.57. The first-order chi connectivity index (χ1) is 18.8. The molecule has 214 valence electrons. The van der Waals surface area contributed by atoms with Gasteiger partial charge in [0, 0.05) is 36.6 Å². The van der Waals surface area contributed by atoms with E-state index in [1.807, 2.05) is 0 Å². The molecular formula is C26H26Br2N2O10. The fourth-order valence-corrected chi connectivity index (χ4v) is 4.18. The van der Waals surface area contributed by atoms with Crippen molar-refractivity contribution in [2.24, 2.45) is 0 Å². The van der Waals surface area contributed by atoms with Gasteiger partial charge in [-0.25, -0.2) is 0 Å². The van der Waals surface area contributed by atoms with Gasteiger partial charge in [0.05, 0.1) is 11.4 Å². The average Bonchev–Trinajstić information content (AvgIpc) is 2.85. The zero-order valence-electron chi connectivity index (χ0n) is 21.8. The van der Waals surface area contributed by atoms with Crippen LogP contribution in [0.5, 0.6) is 0 Å². The largest absolute Gasteiger partial charge is 0.454 e. The van der Waals surface area contributed by atoms with Crippen LogP contribution >= 0.6 is 31.9 Å². The molecule has 2 aromatic carbocycles. The Morgan fingerprint density at radius 1 is 0.550 bits per heavy atom. The molecule has 0 heterocycles. The number of para-hydroxylation sites is 2. The van der Waals surface area contributed by atoms with Crippen molar-refractivity contribution < 1.29 is 47.7 Å². The Labute approximate surface area is 246 Å². The summed E-state index contributed by atoms with van der Waals surface area (Å²) in [4.78, 5) is 75.2. The number of halogens is 2. The van der Waals surface area contributed by atoms with E-state index in [1.54, 1.807) is 36.4 Å². The number of carbonyl (C=O) groups excluding carboxylic acids is 6. The van der Waals surface area contributed by atoms with Crippen LogP contribution in [0.25, 0.3) is 0 Å². The average molecular weight is 686 g/mol. The first-order valence-electron chi connectivity index (χ1n) is 11.6. The maximum atomic E-state index is 13.4. The molecule has 0 aromatic heterocycles. The lowest BCUT2D eigenvalue weighted by Gasteiger charge is -2.34. The number of hydrogen-bond acceptors (Lipinski definition) is 10. The lowest BCUT2D eigenvalue weighted by molar-refractivity contribution is -0.198. The van der Waals surface area contributed by atoms with Crippen LogP contribution in [0.2, 0.25) is 0 Å².